The Morgan fingerprint density at radius 2 is 1.84 bits per heavy atom. The maximum absolute atomic E-state index is 12.6. The monoisotopic (exact) mass is 297 g/mol. The van der Waals surface area contributed by atoms with Crippen molar-refractivity contribution in [3.05, 3.63) is 29.8 Å². The molecule has 0 heterocycles. The van der Waals surface area contributed by atoms with E-state index in [1.54, 1.807) is 4.72 Å². The lowest BCUT2D eigenvalue weighted by atomic mass is 10.2. The van der Waals surface area contributed by atoms with E-state index in [0.29, 0.717) is 0 Å². The van der Waals surface area contributed by atoms with Gasteiger partial charge >= 0.3 is 12.1 Å². The zero-order valence-corrected chi connectivity index (χ0v) is 10.3. The molecular formula is C10H10F3NO4S. The van der Waals surface area contributed by atoms with E-state index in [1.807, 2.05) is 0 Å². The lowest BCUT2D eigenvalue weighted by Gasteiger charge is -2.14. The number of carbonyl (C=O) groups is 1. The van der Waals surface area contributed by atoms with Crippen molar-refractivity contribution < 1.29 is 31.5 Å². The number of carboxylic acid groups (broad SMARTS) is 1. The molecule has 0 aromatic heterocycles. The number of hydrogen-bond acceptors (Lipinski definition) is 3. The average molecular weight is 297 g/mol. The van der Waals surface area contributed by atoms with Crippen LogP contribution in [0.15, 0.2) is 24.3 Å². The lowest BCUT2D eigenvalue weighted by Crippen LogP contribution is -2.21. The van der Waals surface area contributed by atoms with Crippen molar-refractivity contribution >= 4 is 21.7 Å². The predicted molar refractivity (Wildman–Crippen MR) is 61.1 cm³/mol. The Bertz CT molecular complexity index is 568. The molecule has 0 saturated heterocycles. The van der Waals surface area contributed by atoms with E-state index >= 15 is 0 Å². The van der Waals surface area contributed by atoms with Gasteiger partial charge in [-0.1, -0.05) is 12.1 Å². The smallest absolute Gasteiger partial charge is 0.418 e. The number of rotatable bonds is 5. The van der Waals surface area contributed by atoms with E-state index < -0.39 is 45.6 Å². The molecule has 19 heavy (non-hydrogen) atoms. The van der Waals surface area contributed by atoms with Crippen LogP contribution in [0, 0.1) is 0 Å². The molecule has 106 valence electrons. The summed E-state index contributed by atoms with van der Waals surface area (Å²) >= 11 is 0. The van der Waals surface area contributed by atoms with Gasteiger partial charge in [0.05, 0.1) is 23.4 Å². The van der Waals surface area contributed by atoms with Crippen LogP contribution in [0.2, 0.25) is 0 Å². The number of sulfonamides is 1. The number of alkyl halides is 3. The molecule has 1 rings (SSSR count). The zero-order valence-electron chi connectivity index (χ0n) is 9.44. The summed E-state index contributed by atoms with van der Waals surface area (Å²) in [6, 6.07) is 4.05. The van der Waals surface area contributed by atoms with Crippen LogP contribution in [-0.2, 0) is 21.0 Å². The van der Waals surface area contributed by atoms with Gasteiger partial charge in [-0.2, -0.15) is 13.2 Å². The lowest BCUT2D eigenvalue weighted by molar-refractivity contribution is -0.137. The number of anilines is 1. The number of hydrogen-bond donors (Lipinski definition) is 2. The first-order valence-corrected chi connectivity index (χ1v) is 6.65. The second-order valence-corrected chi connectivity index (χ2v) is 5.45. The fraction of sp³-hybridized carbons (Fsp3) is 0.300. The normalized spacial score (nSPS) is 12.2. The fourth-order valence-corrected chi connectivity index (χ4v) is 2.32. The van der Waals surface area contributed by atoms with E-state index in [2.05, 4.69) is 0 Å². The predicted octanol–water partition coefficient (Wildman–Crippen LogP) is 1.92. The SMILES string of the molecule is O=C(O)CCS(=O)(=O)Nc1ccccc1C(F)(F)F. The first-order chi connectivity index (χ1) is 8.62. The number of carboxylic acids is 1. The topological polar surface area (TPSA) is 83.5 Å². The third kappa shape index (κ3) is 4.78. The molecular weight excluding hydrogens is 287 g/mol. The van der Waals surface area contributed by atoms with Crippen LogP contribution in [-0.4, -0.2) is 25.2 Å². The van der Waals surface area contributed by atoms with Crippen LogP contribution in [0.5, 0.6) is 0 Å². The first kappa shape index (κ1) is 15.3. The number of para-hydroxylation sites is 1. The van der Waals surface area contributed by atoms with Crippen LogP contribution in [0.25, 0.3) is 0 Å². The van der Waals surface area contributed by atoms with Crippen molar-refractivity contribution in [1.82, 2.24) is 0 Å². The summed E-state index contributed by atoms with van der Waals surface area (Å²) in [6.45, 7) is 0. The molecule has 0 aliphatic carbocycles. The molecule has 0 spiro atoms. The van der Waals surface area contributed by atoms with Gasteiger partial charge in [-0.25, -0.2) is 8.42 Å². The summed E-state index contributed by atoms with van der Waals surface area (Å²) in [6.07, 6.45) is -5.39. The van der Waals surface area contributed by atoms with Gasteiger partial charge in [-0.3, -0.25) is 9.52 Å². The zero-order chi connectivity index (χ0) is 14.7. The van der Waals surface area contributed by atoms with Crippen molar-refractivity contribution in [2.75, 3.05) is 10.5 Å². The van der Waals surface area contributed by atoms with E-state index in [0.717, 1.165) is 18.2 Å². The van der Waals surface area contributed by atoms with Crippen LogP contribution in [0.4, 0.5) is 18.9 Å². The van der Waals surface area contributed by atoms with Crippen LogP contribution in [0.3, 0.4) is 0 Å². The Labute approximate surface area is 107 Å². The van der Waals surface area contributed by atoms with Gasteiger partial charge in [0.1, 0.15) is 0 Å². The maximum Gasteiger partial charge on any atom is 0.418 e. The van der Waals surface area contributed by atoms with Gasteiger partial charge < -0.3 is 5.11 Å². The summed E-state index contributed by atoms with van der Waals surface area (Å²) in [4.78, 5) is 10.3. The number of benzene rings is 1. The molecule has 9 heteroatoms. The third-order valence-electron chi connectivity index (χ3n) is 2.08. The highest BCUT2D eigenvalue weighted by atomic mass is 32.2. The average Bonchev–Trinajstić information content (AvgIpc) is 2.25. The Kier molecular flexibility index (Phi) is 4.40. The third-order valence-corrected chi connectivity index (χ3v) is 3.36. The van der Waals surface area contributed by atoms with Gasteiger partial charge in [0.25, 0.3) is 0 Å². The Hall–Kier alpha value is -1.77. The van der Waals surface area contributed by atoms with Gasteiger partial charge in [0.2, 0.25) is 10.0 Å². The van der Waals surface area contributed by atoms with Crippen molar-refractivity contribution in [3.63, 3.8) is 0 Å². The molecule has 0 aliphatic heterocycles. The standard InChI is InChI=1S/C10H10F3NO4S/c11-10(12,13)7-3-1-2-4-8(7)14-19(17,18)6-5-9(15)16/h1-4,14H,5-6H2,(H,15,16). The molecule has 0 unspecified atom stereocenters. The van der Waals surface area contributed by atoms with E-state index in [-0.39, 0.29) is 0 Å². The molecule has 0 aliphatic rings. The van der Waals surface area contributed by atoms with Gasteiger partial charge in [-0.05, 0) is 12.1 Å². The van der Waals surface area contributed by atoms with Gasteiger partial charge in [-0.15, -0.1) is 0 Å². The Morgan fingerprint density at radius 1 is 1.26 bits per heavy atom. The highest BCUT2D eigenvalue weighted by molar-refractivity contribution is 7.92. The van der Waals surface area contributed by atoms with Crippen molar-refractivity contribution in [2.45, 2.75) is 12.6 Å². The summed E-state index contributed by atoms with van der Waals surface area (Å²) in [5.41, 5.74) is -1.76. The van der Waals surface area contributed by atoms with Crippen molar-refractivity contribution in [3.8, 4) is 0 Å². The quantitative estimate of drug-likeness (QED) is 0.869. The maximum atomic E-state index is 12.6. The Balaban J connectivity index is 2.97. The molecule has 0 fully saturated rings. The molecule has 0 amide bonds. The summed E-state index contributed by atoms with van der Waals surface area (Å²) in [7, 11) is -4.14. The van der Waals surface area contributed by atoms with E-state index in [1.165, 1.54) is 6.07 Å². The molecule has 0 saturated carbocycles. The molecule has 0 radical (unpaired) electrons. The van der Waals surface area contributed by atoms with Gasteiger partial charge in [0, 0.05) is 0 Å². The fourth-order valence-electron chi connectivity index (χ4n) is 1.26. The van der Waals surface area contributed by atoms with Crippen LogP contribution >= 0.6 is 0 Å². The van der Waals surface area contributed by atoms with Gasteiger partial charge in [0.15, 0.2) is 0 Å². The summed E-state index contributed by atoms with van der Waals surface area (Å²) in [5.74, 6) is -2.15. The highest BCUT2D eigenvalue weighted by Crippen LogP contribution is 2.34. The largest absolute Gasteiger partial charge is 0.481 e. The molecule has 0 bridgehead atoms. The second-order valence-electron chi connectivity index (χ2n) is 3.61. The van der Waals surface area contributed by atoms with Crippen molar-refractivity contribution in [1.29, 1.82) is 0 Å². The van der Waals surface area contributed by atoms with Crippen LogP contribution in [0.1, 0.15) is 12.0 Å². The minimum absolute atomic E-state index is 0.625. The van der Waals surface area contributed by atoms with E-state index in [4.69, 9.17) is 5.11 Å². The highest BCUT2D eigenvalue weighted by Gasteiger charge is 2.34. The number of aliphatic carboxylic acids is 1. The minimum Gasteiger partial charge on any atom is -0.481 e. The Morgan fingerprint density at radius 3 is 2.37 bits per heavy atom. The van der Waals surface area contributed by atoms with E-state index in [9.17, 15) is 26.4 Å². The summed E-state index contributed by atoms with van der Waals surface area (Å²) < 4.78 is 62.4. The molecule has 0 atom stereocenters. The molecule has 5 nitrogen and oxygen atoms in total. The summed E-state index contributed by atoms with van der Waals surface area (Å²) in [5, 5.41) is 8.35. The van der Waals surface area contributed by atoms with Crippen molar-refractivity contribution in [2.24, 2.45) is 0 Å². The minimum atomic E-state index is -4.70. The second kappa shape index (κ2) is 5.47. The molecule has 1 aromatic carbocycles. The molecule has 2 N–H and O–H groups in total. The molecule has 1 aromatic rings. The number of halogens is 3. The first-order valence-electron chi connectivity index (χ1n) is 5.00. The number of nitrogens with one attached hydrogen (secondary N) is 1. The van der Waals surface area contributed by atoms with Crippen LogP contribution < -0.4 is 4.72 Å².